The Morgan fingerprint density at radius 3 is 2.31 bits per heavy atom. The van der Waals surface area contributed by atoms with Crippen molar-refractivity contribution in [3.63, 3.8) is 0 Å². The molecule has 2 amide bonds. The van der Waals surface area contributed by atoms with E-state index in [1.54, 1.807) is 6.92 Å². The van der Waals surface area contributed by atoms with E-state index in [2.05, 4.69) is 12.2 Å². The van der Waals surface area contributed by atoms with Crippen molar-refractivity contribution >= 4 is 11.8 Å². The first-order valence-corrected chi connectivity index (χ1v) is 6.06. The highest BCUT2D eigenvalue weighted by Gasteiger charge is 2.50. The number of rotatable bonds is 2. The molecule has 1 aliphatic heterocycles. The molecule has 4 nitrogen and oxygen atoms in total. The number of hydrogen-bond donors (Lipinski definition) is 1. The molecule has 1 N–H and O–H groups in total. The van der Waals surface area contributed by atoms with Crippen molar-refractivity contribution in [1.82, 2.24) is 10.2 Å². The van der Waals surface area contributed by atoms with Crippen molar-refractivity contribution in [2.45, 2.75) is 52.2 Å². The van der Waals surface area contributed by atoms with E-state index in [9.17, 15) is 9.59 Å². The Balaban J connectivity index is 2.25. The van der Waals surface area contributed by atoms with E-state index in [1.807, 2.05) is 18.7 Å². The normalized spacial score (nSPS) is 38.9. The molecule has 2 rings (SSSR count). The van der Waals surface area contributed by atoms with Crippen LogP contribution in [0, 0.1) is 11.8 Å². The summed E-state index contributed by atoms with van der Waals surface area (Å²) < 4.78 is 0. The summed E-state index contributed by atoms with van der Waals surface area (Å²) in [5.41, 5.74) is 0. The molecule has 1 saturated carbocycles. The molecule has 90 valence electrons. The van der Waals surface area contributed by atoms with Crippen LogP contribution in [0.4, 0.5) is 0 Å². The Morgan fingerprint density at radius 2 is 1.88 bits per heavy atom. The van der Waals surface area contributed by atoms with E-state index in [1.165, 1.54) is 0 Å². The molecule has 16 heavy (non-hydrogen) atoms. The molecule has 1 heterocycles. The fourth-order valence-electron chi connectivity index (χ4n) is 2.53. The van der Waals surface area contributed by atoms with Gasteiger partial charge in [-0.2, -0.15) is 0 Å². The average Bonchev–Trinajstić information content (AvgIpc) is 2.87. The molecule has 4 atom stereocenters. The van der Waals surface area contributed by atoms with Crippen molar-refractivity contribution in [3.8, 4) is 0 Å². The van der Waals surface area contributed by atoms with Gasteiger partial charge in [-0.1, -0.05) is 20.8 Å². The van der Waals surface area contributed by atoms with Crippen LogP contribution in [0.1, 0.15) is 34.1 Å². The topological polar surface area (TPSA) is 49.4 Å². The van der Waals surface area contributed by atoms with Gasteiger partial charge in [0, 0.05) is 6.04 Å². The number of carbonyl (C=O) groups excluding carboxylic acids is 2. The molecule has 0 spiro atoms. The van der Waals surface area contributed by atoms with Crippen LogP contribution in [-0.4, -0.2) is 34.8 Å². The summed E-state index contributed by atoms with van der Waals surface area (Å²) in [7, 11) is 0. The average molecular weight is 224 g/mol. The second-order valence-corrected chi connectivity index (χ2v) is 5.44. The van der Waals surface area contributed by atoms with Crippen LogP contribution in [0.2, 0.25) is 0 Å². The molecule has 0 aromatic carbocycles. The van der Waals surface area contributed by atoms with Crippen molar-refractivity contribution in [2.75, 3.05) is 0 Å². The number of hydrogen-bond acceptors (Lipinski definition) is 2. The molecular weight excluding hydrogens is 204 g/mol. The summed E-state index contributed by atoms with van der Waals surface area (Å²) in [4.78, 5) is 25.9. The Kier molecular flexibility index (Phi) is 2.68. The number of nitrogens with one attached hydrogen (secondary N) is 1. The second-order valence-electron chi connectivity index (χ2n) is 5.44. The first kappa shape index (κ1) is 11.4. The van der Waals surface area contributed by atoms with Crippen molar-refractivity contribution < 1.29 is 9.59 Å². The van der Waals surface area contributed by atoms with Crippen molar-refractivity contribution in [3.05, 3.63) is 0 Å². The lowest BCUT2D eigenvalue weighted by Crippen LogP contribution is -2.64. The van der Waals surface area contributed by atoms with Gasteiger partial charge in [0.05, 0.1) is 0 Å². The van der Waals surface area contributed by atoms with E-state index >= 15 is 0 Å². The van der Waals surface area contributed by atoms with Gasteiger partial charge in [-0.25, -0.2) is 0 Å². The number of piperazine rings is 1. The first-order valence-electron chi connectivity index (χ1n) is 6.06. The monoisotopic (exact) mass is 224 g/mol. The summed E-state index contributed by atoms with van der Waals surface area (Å²) in [6.07, 6.45) is 1.04. The van der Waals surface area contributed by atoms with Gasteiger partial charge in [0.2, 0.25) is 11.8 Å². The first-order chi connectivity index (χ1) is 7.43. The van der Waals surface area contributed by atoms with Crippen LogP contribution >= 0.6 is 0 Å². The Morgan fingerprint density at radius 1 is 1.31 bits per heavy atom. The smallest absolute Gasteiger partial charge is 0.245 e. The minimum absolute atomic E-state index is 0.00111. The minimum atomic E-state index is -0.365. The number of amides is 2. The van der Waals surface area contributed by atoms with Crippen LogP contribution < -0.4 is 5.32 Å². The highest BCUT2D eigenvalue weighted by molar-refractivity contribution is 5.97. The highest BCUT2D eigenvalue weighted by atomic mass is 16.2. The predicted octanol–water partition coefficient (Wildman–Crippen LogP) is 0.766. The summed E-state index contributed by atoms with van der Waals surface area (Å²) in [6, 6.07) is -0.359. The zero-order chi connectivity index (χ0) is 12.0. The minimum Gasteiger partial charge on any atom is -0.343 e. The van der Waals surface area contributed by atoms with Crippen molar-refractivity contribution in [2.24, 2.45) is 11.8 Å². The molecule has 4 heteroatoms. The summed E-state index contributed by atoms with van der Waals surface area (Å²) in [5.74, 6) is 0.793. The fraction of sp³-hybridized carbons (Fsp3) is 0.833. The lowest BCUT2D eigenvalue weighted by atomic mass is 9.97. The van der Waals surface area contributed by atoms with E-state index < -0.39 is 0 Å². The molecule has 0 radical (unpaired) electrons. The molecule has 1 aliphatic carbocycles. The quantitative estimate of drug-likeness (QED) is 0.753. The second kappa shape index (κ2) is 3.75. The third-order valence-electron chi connectivity index (χ3n) is 3.61. The van der Waals surface area contributed by atoms with Gasteiger partial charge in [-0.15, -0.1) is 0 Å². The van der Waals surface area contributed by atoms with E-state index in [4.69, 9.17) is 0 Å². The van der Waals surface area contributed by atoms with Crippen LogP contribution in [-0.2, 0) is 9.59 Å². The van der Waals surface area contributed by atoms with Gasteiger partial charge in [-0.3, -0.25) is 9.59 Å². The van der Waals surface area contributed by atoms with Crippen LogP contribution in [0.5, 0.6) is 0 Å². The van der Waals surface area contributed by atoms with Gasteiger partial charge in [0.15, 0.2) is 0 Å². The molecule has 0 bridgehead atoms. The van der Waals surface area contributed by atoms with Crippen molar-refractivity contribution in [1.29, 1.82) is 0 Å². The van der Waals surface area contributed by atoms with E-state index in [-0.39, 0.29) is 35.9 Å². The maximum absolute atomic E-state index is 12.1. The lowest BCUT2D eigenvalue weighted by Gasteiger charge is -2.40. The van der Waals surface area contributed by atoms with Gasteiger partial charge < -0.3 is 10.2 Å². The third-order valence-corrected chi connectivity index (χ3v) is 3.61. The van der Waals surface area contributed by atoms with Crippen LogP contribution in [0.15, 0.2) is 0 Å². The Labute approximate surface area is 96.4 Å². The molecule has 2 fully saturated rings. The maximum Gasteiger partial charge on any atom is 0.245 e. The highest BCUT2D eigenvalue weighted by Crippen LogP contribution is 2.38. The molecule has 0 aromatic rings. The molecule has 4 unspecified atom stereocenters. The Hall–Kier alpha value is -1.06. The van der Waals surface area contributed by atoms with Crippen LogP contribution in [0.3, 0.4) is 0 Å². The Bertz CT molecular complexity index is 327. The summed E-state index contributed by atoms with van der Waals surface area (Å²) in [5, 5.41) is 2.76. The van der Waals surface area contributed by atoms with Crippen LogP contribution in [0.25, 0.3) is 0 Å². The fourth-order valence-corrected chi connectivity index (χ4v) is 2.53. The van der Waals surface area contributed by atoms with E-state index in [0.29, 0.717) is 5.92 Å². The molecule has 2 aliphatic rings. The summed E-state index contributed by atoms with van der Waals surface area (Å²) >= 11 is 0. The summed E-state index contributed by atoms with van der Waals surface area (Å²) in [6.45, 7) is 7.88. The molecule has 1 saturated heterocycles. The number of carbonyl (C=O) groups is 2. The predicted molar refractivity (Wildman–Crippen MR) is 60.6 cm³/mol. The zero-order valence-corrected chi connectivity index (χ0v) is 10.4. The zero-order valence-electron chi connectivity index (χ0n) is 10.4. The van der Waals surface area contributed by atoms with Gasteiger partial charge in [0.1, 0.15) is 12.1 Å². The van der Waals surface area contributed by atoms with Gasteiger partial charge >= 0.3 is 0 Å². The SMILES string of the molecule is CC1NC(=O)C(C(C)C)N(C2CC2C)C1=O. The molecular formula is C12H20N2O2. The third kappa shape index (κ3) is 1.70. The van der Waals surface area contributed by atoms with E-state index in [0.717, 1.165) is 6.42 Å². The lowest BCUT2D eigenvalue weighted by molar-refractivity contribution is -0.151. The van der Waals surface area contributed by atoms with Gasteiger partial charge in [-0.05, 0) is 25.2 Å². The maximum atomic E-state index is 12.1. The van der Waals surface area contributed by atoms with Gasteiger partial charge in [0.25, 0.3) is 0 Å². The largest absolute Gasteiger partial charge is 0.343 e. The number of nitrogens with zero attached hydrogens (tertiary/aromatic N) is 1. The standard InChI is InChI=1S/C12H20N2O2/c1-6(2)10-11(15)13-8(4)12(16)14(10)9-5-7(9)3/h6-10H,5H2,1-4H3,(H,13,15). The molecule has 0 aromatic heterocycles.